The lowest BCUT2D eigenvalue weighted by molar-refractivity contribution is 0.0570. The summed E-state index contributed by atoms with van der Waals surface area (Å²) in [5.41, 5.74) is 3.36. The van der Waals surface area contributed by atoms with Crippen molar-refractivity contribution >= 4 is 16.8 Å². The standard InChI is InChI=1S/C22H23N3O2/c1-27-15-16-5-4-10-25(14-16)22(26)18-8-9-21(23-12-18)19-11-17-6-2-3-7-20(17)24-13-19/h2-3,6-9,11-13,16H,4-5,10,14-15H2,1H3/t16-/m1/s1. The van der Waals surface area contributed by atoms with E-state index in [4.69, 9.17) is 4.74 Å². The number of pyridine rings is 2. The highest BCUT2D eigenvalue weighted by Gasteiger charge is 2.24. The summed E-state index contributed by atoms with van der Waals surface area (Å²) in [6, 6.07) is 13.8. The molecule has 0 spiro atoms. The fourth-order valence-electron chi connectivity index (χ4n) is 3.71. The van der Waals surface area contributed by atoms with Crippen molar-refractivity contribution in [3.05, 3.63) is 60.4 Å². The number of hydrogen-bond acceptors (Lipinski definition) is 4. The minimum Gasteiger partial charge on any atom is -0.384 e. The van der Waals surface area contributed by atoms with Crippen LogP contribution < -0.4 is 0 Å². The minimum atomic E-state index is 0.0477. The number of ether oxygens (including phenoxy) is 1. The smallest absolute Gasteiger partial charge is 0.255 e. The Morgan fingerprint density at radius 3 is 2.89 bits per heavy atom. The lowest BCUT2D eigenvalue weighted by Gasteiger charge is -2.32. The molecular formula is C22H23N3O2. The summed E-state index contributed by atoms with van der Waals surface area (Å²) in [5, 5.41) is 1.08. The number of fused-ring (bicyclic) bond motifs is 1. The molecule has 5 heteroatoms. The van der Waals surface area contributed by atoms with Crippen molar-refractivity contribution < 1.29 is 9.53 Å². The zero-order chi connectivity index (χ0) is 18.6. The van der Waals surface area contributed by atoms with E-state index in [-0.39, 0.29) is 5.91 Å². The summed E-state index contributed by atoms with van der Waals surface area (Å²) < 4.78 is 5.25. The first-order valence-corrected chi connectivity index (χ1v) is 9.34. The first-order chi connectivity index (χ1) is 13.2. The molecular weight excluding hydrogens is 338 g/mol. The van der Waals surface area contributed by atoms with E-state index in [1.165, 1.54) is 0 Å². The van der Waals surface area contributed by atoms with Crippen molar-refractivity contribution in [3.63, 3.8) is 0 Å². The topological polar surface area (TPSA) is 55.3 Å². The number of piperidine rings is 1. The molecule has 0 unspecified atom stereocenters. The fraction of sp³-hybridized carbons (Fsp3) is 0.318. The van der Waals surface area contributed by atoms with Crippen LogP contribution in [0.1, 0.15) is 23.2 Å². The van der Waals surface area contributed by atoms with Gasteiger partial charge in [0, 0.05) is 43.5 Å². The predicted octanol–water partition coefficient (Wildman–Crippen LogP) is 3.80. The summed E-state index contributed by atoms with van der Waals surface area (Å²) in [5.74, 6) is 0.468. The third kappa shape index (κ3) is 3.83. The molecule has 1 saturated heterocycles. The average Bonchev–Trinajstić information content (AvgIpc) is 2.73. The second kappa shape index (κ2) is 7.84. The van der Waals surface area contributed by atoms with Crippen LogP contribution in [0.15, 0.2) is 54.9 Å². The van der Waals surface area contributed by atoms with Crippen LogP contribution >= 0.6 is 0 Å². The average molecular weight is 361 g/mol. The lowest BCUT2D eigenvalue weighted by atomic mass is 9.98. The Morgan fingerprint density at radius 2 is 2.07 bits per heavy atom. The highest BCUT2D eigenvalue weighted by molar-refractivity contribution is 5.94. The van der Waals surface area contributed by atoms with E-state index >= 15 is 0 Å². The molecule has 27 heavy (non-hydrogen) atoms. The van der Waals surface area contributed by atoms with Crippen LogP contribution in [0.4, 0.5) is 0 Å². The summed E-state index contributed by atoms with van der Waals surface area (Å²) in [7, 11) is 1.71. The molecule has 0 bridgehead atoms. The number of para-hydroxylation sites is 1. The van der Waals surface area contributed by atoms with Gasteiger partial charge < -0.3 is 9.64 Å². The molecule has 2 aromatic heterocycles. The molecule has 3 heterocycles. The van der Waals surface area contributed by atoms with Crippen LogP contribution in [0.3, 0.4) is 0 Å². The maximum absolute atomic E-state index is 12.8. The highest BCUT2D eigenvalue weighted by Crippen LogP contribution is 2.22. The van der Waals surface area contributed by atoms with Crippen molar-refractivity contribution in [1.29, 1.82) is 0 Å². The Bertz CT molecular complexity index is 938. The molecule has 0 N–H and O–H groups in total. The number of nitrogens with zero attached hydrogens (tertiary/aromatic N) is 3. The van der Waals surface area contributed by atoms with Gasteiger partial charge >= 0.3 is 0 Å². The van der Waals surface area contributed by atoms with E-state index < -0.39 is 0 Å². The molecule has 1 aliphatic rings. The van der Waals surface area contributed by atoms with Gasteiger partial charge in [-0.2, -0.15) is 0 Å². The molecule has 0 aliphatic carbocycles. The fourth-order valence-corrected chi connectivity index (χ4v) is 3.71. The molecule has 5 nitrogen and oxygen atoms in total. The van der Waals surface area contributed by atoms with E-state index in [0.29, 0.717) is 18.1 Å². The quantitative estimate of drug-likeness (QED) is 0.709. The van der Waals surface area contributed by atoms with Crippen LogP contribution in [0.5, 0.6) is 0 Å². The number of methoxy groups -OCH3 is 1. The van der Waals surface area contributed by atoms with Gasteiger partial charge in [0.2, 0.25) is 0 Å². The molecule has 1 amide bonds. The SMILES string of the molecule is COC[C@@H]1CCCN(C(=O)c2ccc(-c3cnc4ccccc4c3)nc2)C1. The third-order valence-corrected chi connectivity index (χ3v) is 5.11. The largest absolute Gasteiger partial charge is 0.384 e. The van der Waals surface area contributed by atoms with E-state index in [9.17, 15) is 4.79 Å². The second-order valence-corrected chi connectivity index (χ2v) is 7.06. The maximum Gasteiger partial charge on any atom is 0.255 e. The monoisotopic (exact) mass is 361 g/mol. The van der Waals surface area contributed by atoms with E-state index in [2.05, 4.69) is 16.0 Å². The van der Waals surface area contributed by atoms with Gasteiger partial charge in [0.25, 0.3) is 5.91 Å². The Morgan fingerprint density at radius 1 is 1.19 bits per heavy atom. The minimum absolute atomic E-state index is 0.0477. The van der Waals surface area contributed by atoms with E-state index in [1.54, 1.807) is 13.3 Å². The molecule has 3 aromatic rings. The van der Waals surface area contributed by atoms with Crippen molar-refractivity contribution in [2.75, 3.05) is 26.8 Å². The van der Waals surface area contributed by atoms with E-state index in [1.807, 2.05) is 47.5 Å². The first-order valence-electron chi connectivity index (χ1n) is 9.34. The van der Waals surface area contributed by atoms with Gasteiger partial charge in [-0.1, -0.05) is 18.2 Å². The number of hydrogen-bond donors (Lipinski definition) is 0. The Labute approximate surface area is 159 Å². The number of benzene rings is 1. The van der Waals surface area contributed by atoms with Crippen LogP contribution in [0.2, 0.25) is 0 Å². The van der Waals surface area contributed by atoms with Gasteiger partial charge in [0.05, 0.1) is 23.4 Å². The molecule has 0 saturated carbocycles. The normalized spacial score (nSPS) is 17.2. The molecule has 1 atom stereocenters. The van der Waals surface area contributed by atoms with Gasteiger partial charge in [0.1, 0.15) is 0 Å². The number of carbonyl (C=O) groups excluding carboxylic acids is 1. The number of amides is 1. The molecule has 1 aliphatic heterocycles. The van der Waals surface area contributed by atoms with Gasteiger partial charge in [0.15, 0.2) is 0 Å². The lowest BCUT2D eigenvalue weighted by Crippen LogP contribution is -2.41. The highest BCUT2D eigenvalue weighted by atomic mass is 16.5. The predicted molar refractivity (Wildman–Crippen MR) is 105 cm³/mol. The van der Waals surface area contributed by atoms with Gasteiger partial charge in [-0.05, 0) is 43.0 Å². The van der Waals surface area contributed by atoms with Gasteiger partial charge in [-0.15, -0.1) is 0 Å². The molecule has 4 rings (SSSR count). The molecule has 1 aromatic carbocycles. The maximum atomic E-state index is 12.8. The summed E-state index contributed by atoms with van der Waals surface area (Å²) >= 11 is 0. The zero-order valence-electron chi connectivity index (χ0n) is 15.5. The van der Waals surface area contributed by atoms with E-state index in [0.717, 1.165) is 48.1 Å². The molecule has 0 radical (unpaired) electrons. The van der Waals surface area contributed by atoms with Crippen LogP contribution in [-0.2, 0) is 4.74 Å². The van der Waals surface area contributed by atoms with Crippen LogP contribution in [-0.4, -0.2) is 47.6 Å². The number of carbonyl (C=O) groups is 1. The molecule has 1 fully saturated rings. The Hall–Kier alpha value is -2.79. The Balaban J connectivity index is 1.51. The number of likely N-dealkylation sites (tertiary alicyclic amines) is 1. The van der Waals surface area contributed by atoms with Crippen molar-refractivity contribution in [1.82, 2.24) is 14.9 Å². The summed E-state index contributed by atoms with van der Waals surface area (Å²) in [6.45, 7) is 2.26. The summed E-state index contributed by atoms with van der Waals surface area (Å²) in [4.78, 5) is 23.7. The third-order valence-electron chi connectivity index (χ3n) is 5.11. The molecule has 138 valence electrons. The zero-order valence-corrected chi connectivity index (χ0v) is 15.5. The van der Waals surface area contributed by atoms with Crippen molar-refractivity contribution in [2.24, 2.45) is 5.92 Å². The van der Waals surface area contributed by atoms with Gasteiger partial charge in [-0.25, -0.2) is 0 Å². The number of rotatable bonds is 4. The van der Waals surface area contributed by atoms with Gasteiger partial charge in [-0.3, -0.25) is 14.8 Å². The van der Waals surface area contributed by atoms with Crippen LogP contribution in [0, 0.1) is 5.92 Å². The van der Waals surface area contributed by atoms with Crippen molar-refractivity contribution in [2.45, 2.75) is 12.8 Å². The van der Waals surface area contributed by atoms with Crippen LogP contribution in [0.25, 0.3) is 22.2 Å². The Kier molecular flexibility index (Phi) is 5.12. The number of aromatic nitrogens is 2. The van der Waals surface area contributed by atoms with Crippen molar-refractivity contribution in [3.8, 4) is 11.3 Å². The summed E-state index contributed by atoms with van der Waals surface area (Å²) in [6.07, 6.45) is 5.64. The second-order valence-electron chi connectivity index (χ2n) is 7.06. The first kappa shape index (κ1) is 17.6.